The number of hydrogen-bond acceptors (Lipinski definition) is 3. The van der Waals surface area contributed by atoms with Crippen molar-refractivity contribution in [3.63, 3.8) is 0 Å². The fourth-order valence-corrected chi connectivity index (χ4v) is 3.76. The maximum absolute atomic E-state index is 12.9. The lowest BCUT2D eigenvalue weighted by Crippen LogP contribution is -2.47. The van der Waals surface area contributed by atoms with Gasteiger partial charge in [-0.1, -0.05) is 37.0 Å². The van der Waals surface area contributed by atoms with Crippen LogP contribution in [0, 0.1) is 5.92 Å². The first kappa shape index (κ1) is 20.7. The molecule has 0 fully saturated rings. The van der Waals surface area contributed by atoms with E-state index in [1.165, 1.54) is 6.07 Å². The van der Waals surface area contributed by atoms with Gasteiger partial charge in [0.05, 0.1) is 10.6 Å². The number of nitrogens with zero attached hydrogens (tertiary/aromatic N) is 1. The van der Waals surface area contributed by atoms with E-state index in [0.717, 1.165) is 5.56 Å². The van der Waals surface area contributed by atoms with Crippen LogP contribution in [-0.4, -0.2) is 29.8 Å². The molecule has 1 unspecified atom stereocenters. The lowest BCUT2D eigenvalue weighted by atomic mass is 10.0. The van der Waals surface area contributed by atoms with Crippen molar-refractivity contribution in [1.82, 2.24) is 10.2 Å². The average Bonchev–Trinajstić information content (AvgIpc) is 3.05. The van der Waals surface area contributed by atoms with Crippen LogP contribution >= 0.6 is 34.5 Å². The Kier molecular flexibility index (Phi) is 7.50. The molecule has 1 N–H and O–H groups in total. The molecule has 4 nitrogen and oxygen atoms in total. The Morgan fingerprint density at radius 2 is 1.96 bits per heavy atom. The van der Waals surface area contributed by atoms with Gasteiger partial charge in [0.2, 0.25) is 5.91 Å². The van der Waals surface area contributed by atoms with Crippen molar-refractivity contribution in [2.45, 2.75) is 32.9 Å². The van der Waals surface area contributed by atoms with Crippen molar-refractivity contribution < 1.29 is 9.59 Å². The Bertz CT molecular complexity index is 763. The minimum Gasteiger partial charge on any atom is -0.340 e. The van der Waals surface area contributed by atoms with Gasteiger partial charge in [0.15, 0.2) is 0 Å². The van der Waals surface area contributed by atoms with Gasteiger partial charge in [-0.3, -0.25) is 9.59 Å². The molecule has 1 atom stereocenters. The van der Waals surface area contributed by atoms with Gasteiger partial charge < -0.3 is 10.2 Å². The van der Waals surface area contributed by atoms with Crippen molar-refractivity contribution in [2.24, 2.45) is 5.92 Å². The van der Waals surface area contributed by atoms with E-state index in [1.54, 1.807) is 35.4 Å². The van der Waals surface area contributed by atoms with Gasteiger partial charge in [-0.15, -0.1) is 0 Å². The van der Waals surface area contributed by atoms with E-state index in [9.17, 15) is 9.59 Å². The molecule has 0 radical (unpaired) electrons. The second-order valence-corrected chi connectivity index (χ2v) is 8.23. The molecule has 2 rings (SSSR count). The van der Waals surface area contributed by atoms with Crippen LogP contribution in [0.1, 0.15) is 36.2 Å². The van der Waals surface area contributed by atoms with Crippen molar-refractivity contribution in [3.05, 3.63) is 56.2 Å². The van der Waals surface area contributed by atoms with Crippen molar-refractivity contribution in [2.75, 3.05) is 7.05 Å². The summed E-state index contributed by atoms with van der Waals surface area (Å²) in [6.45, 7) is 4.54. The zero-order chi connectivity index (χ0) is 19.3. The van der Waals surface area contributed by atoms with Crippen molar-refractivity contribution in [1.29, 1.82) is 0 Å². The minimum atomic E-state index is -0.613. The highest BCUT2D eigenvalue weighted by Crippen LogP contribution is 2.21. The molecule has 0 saturated carbocycles. The third-order valence-corrected chi connectivity index (χ3v) is 5.14. The molecule has 26 heavy (non-hydrogen) atoms. The van der Waals surface area contributed by atoms with Crippen LogP contribution < -0.4 is 5.32 Å². The monoisotopic (exact) mass is 412 g/mol. The minimum absolute atomic E-state index is 0.122. The number of carbonyl (C=O) groups is 2. The van der Waals surface area contributed by atoms with Gasteiger partial charge in [0.25, 0.3) is 5.91 Å². The quantitative estimate of drug-likeness (QED) is 0.705. The molecule has 0 aliphatic rings. The molecule has 1 aromatic carbocycles. The summed E-state index contributed by atoms with van der Waals surface area (Å²) in [7, 11) is 1.74. The first-order valence-corrected chi connectivity index (χ1v) is 9.99. The number of halogens is 2. The Balaban J connectivity index is 2.12. The SMILES string of the molecule is CC(C)CC(NC(=O)c1ccc(Cl)cc1Cl)C(=O)N(C)Cc1ccsc1. The van der Waals surface area contributed by atoms with Crippen LogP contribution in [0.25, 0.3) is 0 Å². The standard InChI is InChI=1S/C19H22Cl2N2O2S/c1-12(2)8-17(19(25)23(3)10-13-6-7-26-11-13)22-18(24)15-5-4-14(20)9-16(15)21/h4-7,9,11-12,17H,8,10H2,1-3H3,(H,22,24). The predicted molar refractivity (Wildman–Crippen MR) is 108 cm³/mol. The Hall–Kier alpha value is -1.56. The highest BCUT2D eigenvalue weighted by molar-refractivity contribution is 7.07. The third kappa shape index (κ3) is 5.73. The Morgan fingerprint density at radius 1 is 1.23 bits per heavy atom. The first-order valence-electron chi connectivity index (χ1n) is 8.30. The number of nitrogens with one attached hydrogen (secondary N) is 1. The zero-order valence-corrected chi connectivity index (χ0v) is 17.3. The van der Waals surface area contributed by atoms with E-state index in [1.807, 2.05) is 30.7 Å². The Labute approximate surface area is 168 Å². The van der Waals surface area contributed by atoms with Gasteiger partial charge in [0.1, 0.15) is 6.04 Å². The summed E-state index contributed by atoms with van der Waals surface area (Å²) in [5.41, 5.74) is 1.37. The molecule has 0 bridgehead atoms. The van der Waals surface area contributed by atoms with E-state index < -0.39 is 6.04 Å². The van der Waals surface area contributed by atoms with Gasteiger partial charge in [-0.2, -0.15) is 11.3 Å². The summed E-state index contributed by atoms with van der Waals surface area (Å²) in [5.74, 6) is -0.252. The van der Waals surface area contributed by atoms with Crippen LogP contribution in [0.3, 0.4) is 0 Å². The summed E-state index contributed by atoms with van der Waals surface area (Å²) in [6, 6.07) is 6.05. The summed E-state index contributed by atoms with van der Waals surface area (Å²) in [4.78, 5) is 27.1. The number of benzene rings is 1. The second kappa shape index (κ2) is 9.40. The average molecular weight is 413 g/mol. The van der Waals surface area contributed by atoms with Gasteiger partial charge >= 0.3 is 0 Å². The molecule has 1 aromatic heterocycles. The fourth-order valence-electron chi connectivity index (χ4n) is 2.60. The molecule has 2 amide bonds. The number of thiophene rings is 1. The maximum atomic E-state index is 12.9. The fraction of sp³-hybridized carbons (Fsp3) is 0.368. The largest absolute Gasteiger partial charge is 0.340 e. The van der Waals surface area contributed by atoms with Gasteiger partial charge in [-0.25, -0.2) is 0 Å². The molecule has 1 heterocycles. The molecule has 2 aromatic rings. The molecule has 7 heteroatoms. The number of rotatable bonds is 7. The second-order valence-electron chi connectivity index (χ2n) is 6.61. The van der Waals surface area contributed by atoms with Crippen LogP contribution in [0.2, 0.25) is 10.0 Å². The van der Waals surface area contributed by atoms with E-state index in [-0.39, 0.29) is 22.8 Å². The summed E-state index contributed by atoms with van der Waals surface area (Å²) < 4.78 is 0. The van der Waals surface area contributed by atoms with Gasteiger partial charge in [-0.05, 0) is 52.9 Å². The van der Waals surface area contributed by atoms with Crippen LogP contribution in [0.4, 0.5) is 0 Å². The molecule has 0 aliphatic heterocycles. The lowest BCUT2D eigenvalue weighted by Gasteiger charge is -2.26. The van der Waals surface area contributed by atoms with Crippen LogP contribution in [0.15, 0.2) is 35.0 Å². The third-order valence-electron chi connectivity index (χ3n) is 3.86. The Morgan fingerprint density at radius 3 is 2.54 bits per heavy atom. The predicted octanol–water partition coefficient (Wildman–Crippen LogP) is 4.86. The molecule has 0 spiro atoms. The van der Waals surface area contributed by atoms with E-state index in [0.29, 0.717) is 23.6 Å². The van der Waals surface area contributed by atoms with Crippen LogP contribution in [-0.2, 0) is 11.3 Å². The first-order chi connectivity index (χ1) is 12.3. The highest BCUT2D eigenvalue weighted by atomic mass is 35.5. The topological polar surface area (TPSA) is 49.4 Å². The summed E-state index contributed by atoms with van der Waals surface area (Å²) >= 11 is 13.6. The molecular weight excluding hydrogens is 391 g/mol. The number of carbonyl (C=O) groups excluding carboxylic acids is 2. The number of likely N-dealkylation sites (N-methyl/N-ethyl adjacent to an activating group) is 1. The molecule has 140 valence electrons. The maximum Gasteiger partial charge on any atom is 0.253 e. The van der Waals surface area contributed by atoms with Gasteiger partial charge in [0, 0.05) is 18.6 Å². The lowest BCUT2D eigenvalue weighted by molar-refractivity contribution is -0.132. The summed E-state index contributed by atoms with van der Waals surface area (Å²) in [5, 5.41) is 7.53. The number of amides is 2. The van der Waals surface area contributed by atoms with Crippen LogP contribution in [0.5, 0.6) is 0 Å². The normalized spacial score (nSPS) is 12.1. The van der Waals surface area contributed by atoms with E-state index in [2.05, 4.69) is 5.32 Å². The molecule has 0 aliphatic carbocycles. The zero-order valence-electron chi connectivity index (χ0n) is 15.0. The van der Waals surface area contributed by atoms with Crippen molar-refractivity contribution >= 4 is 46.4 Å². The van der Waals surface area contributed by atoms with E-state index >= 15 is 0 Å². The molecule has 0 saturated heterocycles. The van der Waals surface area contributed by atoms with E-state index in [4.69, 9.17) is 23.2 Å². The number of hydrogen-bond donors (Lipinski definition) is 1. The highest BCUT2D eigenvalue weighted by Gasteiger charge is 2.26. The summed E-state index contributed by atoms with van der Waals surface area (Å²) in [6.07, 6.45) is 0.545. The van der Waals surface area contributed by atoms with Crippen molar-refractivity contribution in [3.8, 4) is 0 Å². The smallest absolute Gasteiger partial charge is 0.253 e. The molecular formula is C19H22Cl2N2O2S.